The fourth-order valence-corrected chi connectivity index (χ4v) is 6.96. The van der Waals surface area contributed by atoms with E-state index in [1.54, 1.807) is 24.3 Å². The van der Waals surface area contributed by atoms with Crippen LogP contribution in [0.15, 0.2) is 170 Å². The number of rotatable bonds is 7. The summed E-state index contributed by atoms with van der Waals surface area (Å²) in [5.41, 5.74) is 7.88. The predicted octanol–water partition coefficient (Wildman–Crippen LogP) is 13.1. The molecule has 0 aliphatic carbocycles. The normalized spacial score (nSPS) is 12.3. The third-order valence-electron chi connectivity index (χ3n) is 9.42. The smallest absolute Gasteiger partial charge is 0.415 e. The Morgan fingerprint density at radius 1 is 0.582 bits per heavy atom. The molecule has 1 aliphatic rings. The molecule has 0 saturated heterocycles. The van der Waals surface area contributed by atoms with E-state index in [9.17, 15) is 13.2 Å². The van der Waals surface area contributed by atoms with Gasteiger partial charge in [0.1, 0.15) is 0 Å². The van der Waals surface area contributed by atoms with Gasteiger partial charge in [0, 0.05) is 77.9 Å². The number of anilines is 4. The first-order valence-corrected chi connectivity index (χ1v) is 17.4. The molecule has 7 aromatic carbocycles. The van der Waals surface area contributed by atoms with Crippen LogP contribution in [0.25, 0.3) is 44.3 Å². The first kappa shape index (κ1) is 35.8. The second-order valence-corrected chi connectivity index (χ2v) is 12.8. The van der Waals surface area contributed by atoms with E-state index < -0.39 is 11.7 Å². The summed E-state index contributed by atoms with van der Waals surface area (Å²) < 4.78 is 46.5. The minimum absolute atomic E-state index is 0. The summed E-state index contributed by atoms with van der Waals surface area (Å²) in [6.07, 6.45) is -3.34. The van der Waals surface area contributed by atoms with E-state index in [2.05, 4.69) is 131 Å². The minimum atomic E-state index is -4.49. The van der Waals surface area contributed by atoms with Crippen LogP contribution in [0.3, 0.4) is 0 Å². The van der Waals surface area contributed by atoms with Gasteiger partial charge in [-0.25, -0.2) is 0 Å². The van der Waals surface area contributed by atoms with Crippen LogP contribution in [-0.2, 0) is 27.2 Å². The SMILES string of the molecule is FC(F)(F)c1ccnc(-c2[c-]c(Oc3[c-]c(N4[CH-]N(c5c(-c6ccccc6)cccc5-c5ccccc5)c5c4ccc4ccccc54)ccc3)ccc2)c1.[Pt]. The number of para-hydroxylation sites is 1. The molecule has 9 rings (SSSR count). The molecule has 0 atom stereocenters. The zero-order valence-electron chi connectivity index (χ0n) is 28.9. The first-order chi connectivity index (χ1) is 26.4. The van der Waals surface area contributed by atoms with Crippen molar-refractivity contribution in [2.75, 3.05) is 9.80 Å². The van der Waals surface area contributed by atoms with Crippen molar-refractivity contribution in [3.8, 4) is 45.0 Å². The summed E-state index contributed by atoms with van der Waals surface area (Å²) in [6, 6.07) is 59.1. The van der Waals surface area contributed by atoms with Crippen LogP contribution in [-0.4, -0.2) is 4.98 Å². The van der Waals surface area contributed by atoms with Crippen LogP contribution in [0.2, 0.25) is 0 Å². The summed E-state index contributed by atoms with van der Waals surface area (Å²) in [6.45, 7) is 2.10. The van der Waals surface area contributed by atoms with Crippen molar-refractivity contribution in [2.24, 2.45) is 0 Å². The van der Waals surface area contributed by atoms with Crippen molar-refractivity contribution in [1.29, 1.82) is 0 Å². The monoisotopic (exact) mass is 903 g/mol. The average Bonchev–Trinajstić information content (AvgIpc) is 3.61. The third kappa shape index (κ3) is 7.00. The molecule has 0 N–H and O–H groups in total. The van der Waals surface area contributed by atoms with Crippen LogP contribution < -0.4 is 14.5 Å². The fourth-order valence-electron chi connectivity index (χ4n) is 6.96. The predicted molar refractivity (Wildman–Crippen MR) is 209 cm³/mol. The maximum atomic E-state index is 13.4. The molecular weight excluding hydrogens is 875 g/mol. The largest absolute Gasteiger partial charge is 0.503 e. The molecule has 0 radical (unpaired) electrons. The standard InChI is InChI=1S/C47H29F3N3O.Pt/c48-47(49,50)36-26-27-51-43(29-36)35-17-9-19-38(28-35)54-39-20-10-18-37(30-39)52-31-53(46-42-21-8-7-16-34(42)24-25-44(46)52)45-40(32-12-3-1-4-13-32)22-11-23-41(45)33-14-5-2-6-15-33;/h1-27,29,31H;/q-3;. The molecular formula is C47H29F3N3OPt-3. The van der Waals surface area contributed by atoms with Gasteiger partial charge in [0.2, 0.25) is 0 Å². The van der Waals surface area contributed by atoms with Gasteiger partial charge < -0.3 is 19.5 Å². The molecule has 0 unspecified atom stereocenters. The van der Waals surface area contributed by atoms with Gasteiger partial charge in [-0.1, -0.05) is 121 Å². The van der Waals surface area contributed by atoms with E-state index in [0.717, 1.165) is 74.1 Å². The van der Waals surface area contributed by atoms with Gasteiger partial charge in [-0.15, -0.1) is 54.3 Å². The molecule has 4 nitrogen and oxygen atoms in total. The van der Waals surface area contributed by atoms with Crippen molar-refractivity contribution in [1.82, 2.24) is 4.98 Å². The molecule has 0 spiro atoms. The zero-order chi connectivity index (χ0) is 36.6. The second-order valence-electron chi connectivity index (χ2n) is 12.8. The minimum Gasteiger partial charge on any atom is -0.503 e. The van der Waals surface area contributed by atoms with Crippen LogP contribution in [0.1, 0.15) is 5.56 Å². The molecule has 0 bridgehead atoms. The van der Waals surface area contributed by atoms with E-state index >= 15 is 0 Å². The quantitative estimate of drug-likeness (QED) is 0.149. The number of hydrogen-bond acceptors (Lipinski definition) is 4. The molecule has 2 heterocycles. The number of ether oxygens (including phenoxy) is 1. The third-order valence-corrected chi connectivity index (χ3v) is 9.42. The fraction of sp³-hybridized carbons (Fsp3) is 0.0213. The van der Waals surface area contributed by atoms with E-state index in [1.165, 1.54) is 0 Å². The summed E-state index contributed by atoms with van der Waals surface area (Å²) in [4.78, 5) is 8.54. The van der Waals surface area contributed by atoms with Crippen molar-refractivity contribution < 1.29 is 39.0 Å². The Morgan fingerprint density at radius 2 is 1.22 bits per heavy atom. The van der Waals surface area contributed by atoms with Crippen molar-refractivity contribution in [2.45, 2.75) is 6.18 Å². The Hall–Kier alpha value is -6.17. The molecule has 8 heteroatoms. The Bertz CT molecular complexity index is 2580. The number of nitrogens with zero attached hydrogens (tertiary/aromatic N) is 3. The molecule has 1 aliphatic heterocycles. The van der Waals surface area contributed by atoms with Crippen LogP contribution in [0.5, 0.6) is 11.5 Å². The number of aromatic nitrogens is 1. The number of hydrogen-bond donors (Lipinski definition) is 0. The van der Waals surface area contributed by atoms with Crippen LogP contribution in [0.4, 0.5) is 35.9 Å². The van der Waals surface area contributed by atoms with Gasteiger partial charge in [-0.3, -0.25) is 0 Å². The van der Waals surface area contributed by atoms with Gasteiger partial charge in [-0.2, -0.15) is 19.2 Å². The number of halogens is 3. The Morgan fingerprint density at radius 3 is 1.93 bits per heavy atom. The topological polar surface area (TPSA) is 28.6 Å². The zero-order valence-corrected chi connectivity index (χ0v) is 31.2. The molecule has 0 fully saturated rings. The first-order valence-electron chi connectivity index (χ1n) is 17.4. The van der Waals surface area contributed by atoms with Crippen LogP contribution in [0, 0.1) is 18.8 Å². The summed E-state index contributed by atoms with van der Waals surface area (Å²) >= 11 is 0. The maximum Gasteiger partial charge on any atom is 0.415 e. The number of pyridine rings is 1. The second kappa shape index (κ2) is 14.9. The van der Waals surface area contributed by atoms with Crippen molar-refractivity contribution in [3.05, 3.63) is 194 Å². The molecule has 0 amide bonds. The number of benzene rings is 7. The summed E-state index contributed by atoms with van der Waals surface area (Å²) in [5, 5.41) is 2.21. The Balaban J connectivity index is 0.00000427. The summed E-state index contributed by atoms with van der Waals surface area (Å²) in [5.74, 6) is 0.740. The van der Waals surface area contributed by atoms with E-state index in [-0.39, 0.29) is 26.8 Å². The van der Waals surface area contributed by atoms with Crippen molar-refractivity contribution in [3.63, 3.8) is 0 Å². The Labute approximate surface area is 331 Å². The van der Waals surface area contributed by atoms with E-state index in [0.29, 0.717) is 17.1 Å². The van der Waals surface area contributed by atoms with Gasteiger partial charge >= 0.3 is 6.18 Å². The molecule has 1 aromatic heterocycles. The van der Waals surface area contributed by atoms with Gasteiger partial charge in [0.25, 0.3) is 0 Å². The van der Waals surface area contributed by atoms with Crippen LogP contribution >= 0.6 is 0 Å². The van der Waals surface area contributed by atoms with Gasteiger partial charge in [0.05, 0.1) is 0 Å². The average molecular weight is 904 g/mol. The van der Waals surface area contributed by atoms with Crippen molar-refractivity contribution >= 4 is 33.5 Å². The molecule has 272 valence electrons. The van der Waals surface area contributed by atoms with E-state index in [4.69, 9.17) is 4.74 Å². The maximum absolute atomic E-state index is 13.4. The number of alkyl halides is 3. The van der Waals surface area contributed by atoms with Gasteiger partial charge in [-0.05, 0) is 34.3 Å². The molecule has 55 heavy (non-hydrogen) atoms. The summed E-state index contributed by atoms with van der Waals surface area (Å²) in [7, 11) is 0. The molecule has 0 saturated carbocycles. The number of fused-ring (bicyclic) bond motifs is 3. The molecule has 8 aromatic rings. The van der Waals surface area contributed by atoms with E-state index in [1.807, 2.05) is 30.3 Å². The van der Waals surface area contributed by atoms with Gasteiger partial charge in [0.15, 0.2) is 0 Å². The Kier molecular flexibility index (Phi) is 9.73.